The van der Waals surface area contributed by atoms with Crippen molar-refractivity contribution in [3.63, 3.8) is 0 Å². The molecule has 0 spiro atoms. The number of halogens is 1. The molecule has 1 aromatic carbocycles. The molecule has 1 aromatic rings. The third-order valence-corrected chi connectivity index (χ3v) is 4.78. The van der Waals surface area contributed by atoms with E-state index in [0.29, 0.717) is 12.1 Å². The maximum Gasteiger partial charge on any atom is 0.323 e. The SMILES string of the molecule is COC(=O)[C@H]1CCCN1CC(=O)N(Cc1ccccc1F)C1CC1. The van der Waals surface area contributed by atoms with Crippen molar-refractivity contribution >= 4 is 11.9 Å². The number of methoxy groups -OCH3 is 1. The van der Waals surface area contributed by atoms with Crippen LogP contribution in [0.3, 0.4) is 0 Å². The van der Waals surface area contributed by atoms with Gasteiger partial charge in [-0.3, -0.25) is 14.5 Å². The van der Waals surface area contributed by atoms with E-state index in [1.54, 1.807) is 23.1 Å². The normalized spacial score (nSPS) is 20.8. The van der Waals surface area contributed by atoms with Gasteiger partial charge in [-0.1, -0.05) is 18.2 Å². The first-order chi connectivity index (χ1) is 11.6. The Kier molecular flexibility index (Phi) is 5.14. The molecule has 0 radical (unpaired) electrons. The molecule has 1 heterocycles. The lowest BCUT2D eigenvalue weighted by Crippen LogP contribution is -2.45. The van der Waals surface area contributed by atoms with Gasteiger partial charge in [-0.25, -0.2) is 4.39 Å². The van der Waals surface area contributed by atoms with E-state index in [4.69, 9.17) is 4.74 Å². The molecule has 24 heavy (non-hydrogen) atoms. The van der Waals surface area contributed by atoms with Crippen LogP contribution in [-0.4, -0.2) is 54.0 Å². The Bertz CT molecular complexity index is 618. The molecule has 6 heteroatoms. The van der Waals surface area contributed by atoms with Crippen molar-refractivity contribution in [2.45, 2.75) is 44.3 Å². The molecule has 5 nitrogen and oxygen atoms in total. The van der Waals surface area contributed by atoms with Crippen LogP contribution in [0.15, 0.2) is 24.3 Å². The number of amides is 1. The second-order valence-electron chi connectivity index (χ2n) is 6.50. The summed E-state index contributed by atoms with van der Waals surface area (Å²) >= 11 is 0. The van der Waals surface area contributed by atoms with Crippen molar-refractivity contribution in [2.24, 2.45) is 0 Å². The minimum atomic E-state index is -0.339. The molecule has 1 saturated carbocycles. The van der Waals surface area contributed by atoms with Crippen LogP contribution >= 0.6 is 0 Å². The molecular weight excluding hydrogens is 311 g/mol. The van der Waals surface area contributed by atoms with Gasteiger partial charge in [0.05, 0.1) is 13.7 Å². The molecule has 0 N–H and O–H groups in total. The Morgan fingerprint density at radius 3 is 2.71 bits per heavy atom. The topological polar surface area (TPSA) is 49.9 Å². The van der Waals surface area contributed by atoms with Gasteiger partial charge in [-0.15, -0.1) is 0 Å². The number of ether oxygens (including phenoxy) is 1. The third kappa shape index (κ3) is 3.75. The quantitative estimate of drug-likeness (QED) is 0.746. The molecule has 0 aromatic heterocycles. The molecular formula is C18H23FN2O3. The smallest absolute Gasteiger partial charge is 0.323 e. The van der Waals surface area contributed by atoms with Crippen LogP contribution in [0, 0.1) is 5.82 Å². The van der Waals surface area contributed by atoms with Crippen molar-refractivity contribution in [1.29, 1.82) is 0 Å². The Morgan fingerprint density at radius 1 is 1.29 bits per heavy atom. The summed E-state index contributed by atoms with van der Waals surface area (Å²) in [5.41, 5.74) is 0.531. The largest absolute Gasteiger partial charge is 0.468 e. The number of carbonyl (C=O) groups excluding carboxylic acids is 2. The maximum absolute atomic E-state index is 13.9. The van der Waals surface area contributed by atoms with Crippen molar-refractivity contribution in [3.8, 4) is 0 Å². The predicted octanol–water partition coefficient (Wildman–Crippen LogP) is 1.95. The maximum atomic E-state index is 13.9. The summed E-state index contributed by atoms with van der Waals surface area (Å²) in [6.45, 7) is 1.18. The number of hydrogen-bond donors (Lipinski definition) is 0. The number of benzene rings is 1. The molecule has 1 atom stereocenters. The second kappa shape index (κ2) is 7.30. The first kappa shape index (κ1) is 16.9. The van der Waals surface area contributed by atoms with Crippen LogP contribution in [-0.2, 0) is 20.9 Å². The van der Waals surface area contributed by atoms with Crippen molar-refractivity contribution in [1.82, 2.24) is 9.80 Å². The molecule has 1 aliphatic heterocycles. The highest BCUT2D eigenvalue weighted by Gasteiger charge is 2.37. The van der Waals surface area contributed by atoms with Crippen molar-refractivity contribution in [2.75, 3.05) is 20.2 Å². The standard InChI is InChI=1S/C18H23FN2O3/c1-24-18(23)16-7-4-10-20(16)12-17(22)21(14-8-9-14)11-13-5-2-3-6-15(13)19/h2-3,5-6,14,16H,4,7-12H2,1H3/t16-/m1/s1. The first-order valence-corrected chi connectivity index (χ1v) is 8.45. The zero-order chi connectivity index (χ0) is 17.1. The molecule has 2 fully saturated rings. The van der Waals surface area contributed by atoms with Gasteiger partial charge in [0.2, 0.25) is 5.91 Å². The van der Waals surface area contributed by atoms with E-state index in [9.17, 15) is 14.0 Å². The highest BCUT2D eigenvalue weighted by atomic mass is 19.1. The Balaban J connectivity index is 1.67. The summed E-state index contributed by atoms with van der Waals surface area (Å²) in [5, 5.41) is 0. The minimum Gasteiger partial charge on any atom is -0.468 e. The van der Waals surface area contributed by atoms with E-state index in [0.717, 1.165) is 25.7 Å². The highest BCUT2D eigenvalue weighted by molar-refractivity contribution is 5.81. The summed E-state index contributed by atoms with van der Waals surface area (Å²) in [6.07, 6.45) is 3.52. The van der Waals surface area contributed by atoms with Gasteiger partial charge in [0.25, 0.3) is 0 Å². The van der Waals surface area contributed by atoms with E-state index in [2.05, 4.69) is 0 Å². The Hall–Kier alpha value is -1.95. The molecule has 0 bridgehead atoms. The lowest BCUT2D eigenvalue weighted by atomic mass is 10.2. The second-order valence-corrected chi connectivity index (χ2v) is 6.50. The van der Waals surface area contributed by atoms with Gasteiger partial charge in [0.15, 0.2) is 0 Å². The predicted molar refractivity (Wildman–Crippen MR) is 86.6 cm³/mol. The zero-order valence-electron chi connectivity index (χ0n) is 13.9. The third-order valence-electron chi connectivity index (χ3n) is 4.78. The molecule has 1 aliphatic carbocycles. The fourth-order valence-electron chi connectivity index (χ4n) is 3.30. The highest BCUT2D eigenvalue weighted by Crippen LogP contribution is 2.29. The number of nitrogens with zero attached hydrogens (tertiary/aromatic N) is 2. The zero-order valence-corrected chi connectivity index (χ0v) is 13.9. The van der Waals surface area contributed by atoms with Crippen LogP contribution in [0.25, 0.3) is 0 Å². The summed E-state index contributed by atoms with van der Waals surface area (Å²) < 4.78 is 18.7. The monoisotopic (exact) mass is 334 g/mol. The van der Waals surface area contributed by atoms with Crippen LogP contribution in [0.1, 0.15) is 31.2 Å². The molecule has 0 unspecified atom stereocenters. The van der Waals surface area contributed by atoms with Crippen LogP contribution in [0.4, 0.5) is 4.39 Å². The van der Waals surface area contributed by atoms with Crippen LogP contribution in [0.2, 0.25) is 0 Å². The van der Waals surface area contributed by atoms with E-state index in [1.807, 2.05) is 4.90 Å². The average molecular weight is 334 g/mol. The van der Waals surface area contributed by atoms with E-state index >= 15 is 0 Å². The minimum absolute atomic E-state index is 0.0449. The fourth-order valence-corrected chi connectivity index (χ4v) is 3.30. The van der Waals surface area contributed by atoms with E-state index < -0.39 is 0 Å². The van der Waals surface area contributed by atoms with E-state index in [1.165, 1.54) is 13.2 Å². The Labute approximate surface area is 141 Å². The van der Waals surface area contributed by atoms with Gasteiger partial charge < -0.3 is 9.64 Å². The lowest BCUT2D eigenvalue weighted by Gasteiger charge is -2.27. The summed E-state index contributed by atoms with van der Waals surface area (Å²) in [6, 6.07) is 6.41. The van der Waals surface area contributed by atoms with Gasteiger partial charge in [0, 0.05) is 18.2 Å². The molecule has 1 amide bonds. The summed E-state index contributed by atoms with van der Waals surface area (Å²) in [7, 11) is 1.37. The fraction of sp³-hybridized carbons (Fsp3) is 0.556. The van der Waals surface area contributed by atoms with Crippen molar-refractivity contribution < 1.29 is 18.7 Å². The van der Waals surface area contributed by atoms with Gasteiger partial charge in [-0.2, -0.15) is 0 Å². The van der Waals surface area contributed by atoms with Crippen LogP contribution in [0.5, 0.6) is 0 Å². The van der Waals surface area contributed by atoms with Gasteiger partial charge in [0.1, 0.15) is 11.9 Å². The summed E-state index contributed by atoms with van der Waals surface area (Å²) in [5.74, 6) is -0.617. The number of carbonyl (C=O) groups is 2. The lowest BCUT2D eigenvalue weighted by molar-refractivity contribution is -0.147. The average Bonchev–Trinajstić information content (AvgIpc) is 3.32. The first-order valence-electron chi connectivity index (χ1n) is 8.45. The van der Waals surface area contributed by atoms with E-state index in [-0.39, 0.29) is 42.9 Å². The number of rotatable bonds is 6. The van der Waals surface area contributed by atoms with Gasteiger partial charge in [-0.05, 0) is 38.3 Å². The summed E-state index contributed by atoms with van der Waals surface area (Å²) in [4.78, 5) is 28.2. The molecule has 1 saturated heterocycles. The molecule has 2 aliphatic rings. The van der Waals surface area contributed by atoms with Crippen molar-refractivity contribution in [3.05, 3.63) is 35.6 Å². The van der Waals surface area contributed by atoms with Crippen LogP contribution < -0.4 is 0 Å². The number of likely N-dealkylation sites (tertiary alicyclic amines) is 1. The van der Waals surface area contributed by atoms with Gasteiger partial charge >= 0.3 is 5.97 Å². The molecule has 3 rings (SSSR count). The number of esters is 1. The molecule has 130 valence electrons. The number of hydrogen-bond acceptors (Lipinski definition) is 4. The Morgan fingerprint density at radius 2 is 2.04 bits per heavy atom.